The van der Waals surface area contributed by atoms with Crippen LogP contribution in [-0.4, -0.2) is 95.9 Å². The molecule has 0 bridgehead atoms. The Morgan fingerprint density at radius 1 is 0.682 bits per heavy atom. The SMILES string of the molecule is CCC(N(C)C)N(CCN(C(C)O)C(C)O)C(CC)N(C)C. The van der Waals surface area contributed by atoms with Crippen LogP contribution < -0.4 is 0 Å². The lowest BCUT2D eigenvalue weighted by Crippen LogP contribution is -2.57. The molecule has 22 heavy (non-hydrogen) atoms. The summed E-state index contributed by atoms with van der Waals surface area (Å²) >= 11 is 0. The van der Waals surface area contributed by atoms with Crippen LogP contribution in [0.3, 0.4) is 0 Å². The fourth-order valence-electron chi connectivity index (χ4n) is 3.21. The molecule has 4 atom stereocenters. The van der Waals surface area contributed by atoms with E-state index >= 15 is 0 Å². The van der Waals surface area contributed by atoms with Crippen LogP contribution in [-0.2, 0) is 0 Å². The second-order valence-electron chi connectivity index (χ2n) is 6.44. The quantitative estimate of drug-likeness (QED) is 0.551. The van der Waals surface area contributed by atoms with Crippen molar-refractivity contribution in [1.82, 2.24) is 19.6 Å². The summed E-state index contributed by atoms with van der Waals surface area (Å²) in [6.45, 7) is 9.21. The van der Waals surface area contributed by atoms with E-state index in [0.29, 0.717) is 18.9 Å². The summed E-state index contributed by atoms with van der Waals surface area (Å²) < 4.78 is 0. The third-order valence-electron chi connectivity index (χ3n) is 4.26. The molecule has 6 heteroatoms. The molecule has 2 N–H and O–H groups in total. The molecule has 0 aliphatic rings. The molecule has 0 rings (SSSR count). The molecule has 0 heterocycles. The van der Waals surface area contributed by atoms with Crippen molar-refractivity contribution in [1.29, 1.82) is 0 Å². The van der Waals surface area contributed by atoms with Crippen LogP contribution in [0.4, 0.5) is 0 Å². The first-order chi connectivity index (χ1) is 10.2. The molecule has 0 fully saturated rings. The Balaban J connectivity index is 5.15. The lowest BCUT2D eigenvalue weighted by atomic mass is 10.2. The maximum absolute atomic E-state index is 9.83. The van der Waals surface area contributed by atoms with Gasteiger partial charge in [0.2, 0.25) is 0 Å². The normalized spacial score (nSPS) is 18.3. The predicted octanol–water partition coefficient (Wildman–Crippen LogP) is 0.862. The molecule has 0 aliphatic heterocycles. The number of hydrogen-bond acceptors (Lipinski definition) is 6. The van der Waals surface area contributed by atoms with Crippen molar-refractivity contribution < 1.29 is 10.2 Å². The molecule has 6 nitrogen and oxygen atoms in total. The molecule has 0 saturated carbocycles. The van der Waals surface area contributed by atoms with E-state index in [1.807, 2.05) is 0 Å². The van der Waals surface area contributed by atoms with Gasteiger partial charge in [0.15, 0.2) is 0 Å². The Morgan fingerprint density at radius 2 is 1.00 bits per heavy atom. The van der Waals surface area contributed by atoms with E-state index in [9.17, 15) is 10.2 Å². The van der Waals surface area contributed by atoms with E-state index in [0.717, 1.165) is 19.4 Å². The van der Waals surface area contributed by atoms with Crippen LogP contribution >= 0.6 is 0 Å². The standard InChI is InChI=1S/C16H38N4O2/c1-9-15(17(5)6)20(16(10-2)18(7)8)12-11-19(13(3)21)14(4)22/h13-16,21-22H,9-12H2,1-8H3. The van der Waals surface area contributed by atoms with E-state index in [-0.39, 0.29) is 0 Å². The van der Waals surface area contributed by atoms with Gasteiger partial charge in [-0.15, -0.1) is 0 Å². The highest BCUT2D eigenvalue weighted by Gasteiger charge is 2.28. The van der Waals surface area contributed by atoms with Gasteiger partial charge in [-0.3, -0.25) is 19.6 Å². The summed E-state index contributed by atoms with van der Waals surface area (Å²) in [6.07, 6.45) is 1.41. The van der Waals surface area contributed by atoms with Gasteiger partial charge in [0.05, 0.1) is 12.3 Å². The highest BCUT2D eigenvalue weighted by molar-refractivity contribution is 4.77. The number of rotatable bonds is 11. The monoisotopic (exact) mass is 318 g/mol. The van der Waals surface area contributed by atoms with Crippen LogP contribution in [0.1, 0.15) is 40.5 Å². The fraction of sp³-hybridized carbons (Fsp3) is 1.00. The second kappa shape index (κ2) is 10.5. The number of hydrogen-bond donors (Lipinski definition) is 2. The van der Waals surface area contributed by atoms with Crippen molar-refractivity contribution in [2.75, 3.05) is 41.3 Å². The van der Waals surface area contributed by atoms with Crippen molar-refractivity contribution in [2.24, 2.45) is 0 Å². The highest BCUT2D eigenvalue weighted by Crippen LogP contribution is 2.16. The number of nitrogens with zero attached hydrogens (tertiary/aromatic N) is 4. The average molecular weight is 319 g/mol. The third-order valence-corrected chi connectivity index (χ3v) is 4.26. The summed E-state index contributed by atoms with van der Waals surface area (Å²) in [5, 5.41) is 19.7. The summed E-state index contributed by atoms with van der Waals surface area (Å²) in [4.78, 5) is 8.64. The minimum Gasteiger partial charge on any atom is -0.379 e. The highest BCUT2D eigenvalue weighted by atomic mass is 16.3. The zero-order valence-electron chi connectivity index (χ0n) is 15.8. The average Bonchev–Trinajstić information content (AvgIpc) is 2.38. The number of aliphatic hydroxyl groups excluding tert-OH is 2. The maximum atomic E-state index is 9.83. The summed E-state index contributed by atoms with van der Waals surface area (Å²) in [7, 11) is 8.41. The van der Waals surface area contributed by atoms with Crippen LogP contribution in [0.2, 0.25) is 0 Å². The lowest BCUT2D eigenvalue weighted by Gasteiger charge is -2.44. The molecular formula is C16H38N4O2. The third kappa shape index (κ3) is 6.48. The van der Waals surface area contributed by atoms with E-state index in [1.165, 1.54) is 0 Å². The van der Waals surface area contributed by atoms with Crippen LogP contribution in [0.5, 0.6) is 0 Å². The van der Waals surface area contributed by atoms with Gasteiger partial charge in [0.1, 0.15) is 12.5 Å². The van der Waals surface area contributed by atoms with Gasteiger partial charge in [-0.05, 0) is 54.9 Å². The second-order valence-corrected chi connectivity index (χ2v) is 6.44. The zero-order chi connectivity index (χ0) is 17.4. The lowest BCUT2D eigenvalue weighted by molar-refractivity contribution is -0.0985. The first-order valence-corrected chi connectivity index (χ1v) is 8.37. The molecule has 0 spiro atoms. The van der Waals surface area contributed by atoms with Crippen molar-refractivity contribution in [2.45, 2.75) is 65.3 Å². The van der Waals surface area contributed by atoms with Crippen molar-refractivity contribution in [3.8, 4) is 0 Å². The van der Waals surface area contributed by atoms with E-state index in [2.05, 4.69) is 56.7 Å². The zero-order valence-corrected chi connectivity index (χ0v) is 15.8. The van der Waals surface area contributed by atoms with Gasteiger partial charge in [0, 0.05) is 13.1 Å². The Kier molecular flexibility index (Phi) is 10.4. The maximum Gasteiger partial charge on any atom is 0.106 e. The molecule has 134 valence electrons. The molecule has 0 saturated heterocycles. The van der Waals surface area contributed by atoms with Crippen molar-refractivity contribution >= 4 is 0 Å². The first-order valence-electron chi connectivity index (χ1n) is 8.37. The van der Waals surface area contributed by atoms with E-state index in [4.69, 9.17) is 0 Å². The molecule has 0 aromatic carbocycles. The van der Waals surface area contributed by atoms with E-state index < -0.39 is 12.5 Å². The van der Waals surface area contributed by atoms with Gasteiger partial charge < -0.3 is 10.2 Å². The number of aliphatic hydroxyl groups is 2. The molecule has 0 radical (unpaired) electrons. The fourth-order valence-corrected chi connectivity index (χ4v) is 3.21. The van der Waals surface area contributed by atoms with Crippen LogP contribution in [0.25, 0.3) is 0 Å². The predicted molar refractivity (Wildman–Crippen MR) is 92.3 cm³/mol. The molecule has 0 aromatic rings. The Labute approximate surface area is 137 Å². The smallest absolute Gasteiger partial charge is 0.106 e. The molecule has 0 aliphatic carbocycles. The summed E-state index contributed by atoms with van der Waals surface area (Å²) in [5.74, 6) is 0. The Morgan fingerprint density at radius 3 is 1.23 bits per heavy atom. The molecule has 0 aromatic heterocycles. The largest absolute Gasteiger partial charge is 0.379 e. The Bertz CT molecular complexity index is 261. The summed E-state index contributed by atoms with van der Waals surface area (Å²) in [6, 6.07) is 0. The minimum atomic E-state index is -0.652. The van der Waals surface area contributed by atoms with E-state index in [1.54, 1.807) is 18.7 Å². The minimum absolute atomic E-state index is 0.331. The first kappa shape index (κ1) is 21.8. The Hall–Kier alpha value is -0.240. The van der Waals surface area contributed by atoms with Crippen molar-refractivity contribution in [3.63, 3.8) is 0 Å². The molecular weight excluding hydrogens is 280 g/mol. The van der Waals surface area contributed by atoms with Crippen LogP contribution in [0.15, 0.2) is 0 Å². The van der Waals surface area contributed by atoms with Crippen LogP contribution in [0, 0.1) is 0 Å². The molecule has 0 amide bonds. The van der Waals surface area contributed by atoms with Crippen molar-refractivity contribution in [3.05, 3.63) is 0 Å². The summed E-state index contributed by atoms with van der Waals surface area (Å²) in [5.41, 5.74) is 0. The van der Waals surface area contributed by atoms with Gasteiger partial charge in [-0.1, -0.05) is 13.8 Å². The molecule has 4 unspecified atom stereocenters. The topological polar surface area (TPSA) is 53.4 Å². The van der Waals surface area contributed by atoms with Gasteiger partial charge >= 0.3 is 0 Å². The van der Waals surface area contributed by atoms with Gasteiger partial charge in [-0.2, -0.15) is 0 Å². The van der Waals surface area contributed by atoms with Gasteiger partial charge in [0.25, 0.3) is 0 Å². The van der Waals surface area contributed by atoms with Gasteiger partial charge in [-0.25, -0.2) is 0 Å².